The minimum absolute atomic E-state index is 0.135. The molecule has 2 N–H and O–H groups in total. The summed E-state index contributed by atoms with van der Waals surface area (Å²) >= 11 is 0. The number of hydrogen-bond donors (Lipinski definition) is 2. The number of alkyl halides is 3. The van der Waals surface area contributed by atoms with Gasteiger partial charge in [0, 0.05) is 6.04 Å². The summed E-state index contributed by atoms with van der Waals surface area (Å²) < 4.78 is 38.6. The summed E-state index contributed by atoms with van der Waals surface area (Å²) in [4.78, 5) is 8.90. The predicted molar refractivity (Wildman–Crippen MR) is 119 cm³/mol. The normalized spacial score (nSPS) is 19.6. The van der Waals surface area contributed by atoms with E-state index < -0.39 is 17.7 Å². The first-order chi connectivity index (χ1) is 15.7. The largest absolute Gasteiger partial charge is 0.490 e. The van der Waals surface area contributed by atoms with Gasteiger partial charge in [0.05, 0.1) is 0 Å². The molecule has 1 aliphatic heterocycles. The fourth-order valence-corrected chi connectivity index (χ4v) is 4.06. The van der Waals surface area contributed by atoms with Crippen molar-refractivity contribution in [2.75, 3.05) is 0 Å². The number of benzene rings is 3. The first kappa shape index (κ1) is 24.5. The van der Waals surface area contributed by atoms with E-state index >= 15 is 0 Å². The van der Waals surface area contributed by atoms with Crippen molar-refractivity contribution < 1.29 is 27.8 Å². The maximum Gasteiger partial charge on any atom is 0.490 e. The first-order valence-electron chi connectivity index (χ1n) is 10.6. The molecule has 0 spiro atoms. The van der Waals surface area contributed by atoms with Crippen LogP contribution in [0.15, 0.2) is 91.0 Å². The van der Waals surface area contributed by atoms with Gasteiger partial charge in [0.15, 0.2) is 0 Å². The lowest BCUT2D eigenvalue weighted by molar-refractivity contribution is -0.192. The van der Waals surface area contributed by atoms with E-state index in [0.717, 1.165) is 5.56 Å². The molecule has 0 aromatic heterocycles. The standard InChI is InChI=1S/C24H25NO.C2HF3O2/c1-18(2)22-24(20-14-8-4-9-15-20,21-16-10-5-11-17-21)26-23(25-22)19-12-6-3-7-13-19;3-2(4,5)1(6)7/h3-18,22-23,25H,1-2H3;(H,6,7)/t22-,23-;/m0./s1. The SMILES string of the molecule is CC(C)[C@@H]1N[C@H](c2ccccc2)OC1(c1ccccc1)c1ccccc1.O=C(O)C(F)(F)F. The lowest BCUT2D eigenvalue weighted by Crippen LogP contribution is -2.45. The summed E-state index contributed by atoms with van der Waals surface area (Å²) in [5.74, 6) is -2.35. The molecule has 0 bridgehead atoms. The molecule has 7 heteroatoms. The smallest absolute Gasteiger partial charge is 0.475 e. The van der Waals surface area contributed by atoms with Crippen LogP contribution in [0.25, 0.3) is 0 Å². The quantitative estimate of drug-likeness (QED) is 0.512. The summed E-state index contributed by atoms with van der Waals surface area (Å²) in [7, 11) is 0. The summed E-state index contributed by atoms with van der Waals surface area (Å²) in [6.45, 7) is 4.52. The van der Waals surface area contributed by atoms with Crippen molar-refractivity contribution in [3.8, 4) is 0 Å². The van der Waals surface area contributed by atoms with Crippen LogP contribution in [0.3, 0.4) is 0 Å². The fraction of sp³-hybridized carbons (Fsp3) is 0.269. The molecule has 33 heavy (non-hydrogen) atoms. The summed E-state index contributed by atoms with van der Waals surface area (Å²) in [5.41, 5.74) is 3.02. The van der Waals surface area contributed by atoms with E-state index in [1.54, 1.807) is 0 Å². The van der Waals surface area contributed by atoms with E-state index in [1.807, 2.05) is 6.07 Å². The van der Waals surface area contributed by atoms with Gasteiger partial charge >= 0.3 is 12.1 Å². The second kappa shape index (κ2) is 10.2. The molecule has 1 saturated heterocycles. The Balaban J connectivity index is 0.000000383. The van der Waals surface area contributed by atoms with Gasteiger partial charge in [0.2, 0.25) is 0 Å². The minimum Gasteiger partial charge on any atom is -0.475 e. The van der Waals surface area contributed by atoms with Crippen molar-refractivity contribution in [3.63, 3.8) is 0 Å². The van der Waals surface area contributed by atoms with Crippen molar-refractivity contribution in [1.82, 2.24) is 5.32 Å². The highest BCUT2D eigenvalue weighted by atomic mass is 19.4. The molecule has 0 unspecified atom stereocenters. The molecular weight excluding hydrogens is 431 g/mol. The van der Waals surface area contributed by atoms with Gasteiger partial charge in [-0.05, 0) is 22.6 Å². The molecule has 1 fully saturated rings. The Kier molecular flexibility index (Phi) is 7.56. The third-order valence-corrected chi connectivity index (χ3v) is 5.49. The van der Waals surface area contributed by atoms with E-state index in [0.29, 0.717) is 5.92 Å². The molecule has 4 nitrogen and oxygen atoms in total. The number of aliphatic carboxylic acids is 1. The highest BCUT2D eigenvalue weighted by Gasteiger charge is 2.52. The second-order valence-electron chi connectivity index (χ2n) is 8.07. The third kappa shape index (κ3) is 5.43. The average Bonchev–Trinajstić information content (AvgIpc) is 3.23. The van der Waals surface area contributed by atoms with E-state index in [1.165, 1.54) is 11.1 Å². The predicted octanol–water partition coefficient (Wildman–Crippen LogP) is 5.91. The van der Waals surface area contributed by atoms with Gasteiger partial charge in [-0.3, -0.25) is 5.32 Å². The Morgan fingerprint density at radius 2 is 1.27 bits per heavy atom. The van der Waals surface area contributed by atoms with Crippen LogP contribution in [0.4, 0.5) is 13.2 Å². The lowest BCUT2D eigenvalue weighted by Gasteiger charge is -2.37. The molecule has 3 aromatic carbocycles. The minimum atomic E-state index is -5.08. The highest BCUT2D eigenvalue weighted by Crippen LogP contribution is 2.47. The molecule has 174 valence electrons. The zero-order valence-corrected chi connectivity index (χ0v) is 18.3. The van der Waals surface area contributed by atoms with Crippen molar-refractivity contribution in [1.29, 1.82) is 0 Å². The number of nitrogens with one attached hydrogen (secondary N) is 1. The summed E-state index contributed by atoms with van der Waals surface area (Å²) in [5, 5.41) is 10.9. The van der Waals surface area contributed by atoms with E-state index in [9.17, 15) is 13.2 Å². The van der Waals surface area contributed by atoms with E-state index in [2.05, 4.69) is 104 Å². The Bertz CT molecular complexity index is 985. The lowest BCUT2D eigenvalue weighted by atomic mass is 9.76. The highest BCUT2D eigenvalue weighted by molar-refractivity contribution is 5.73. The van der Waals surface area contributed by atoms with E-state index in [-0.39, 0.29) is 12.3 Å². The van der Waals surface area contributed by atoms with Crippen molar-refractivity contribution in [2.45, 2.75) is 37.9 Å². The molecule has 1 aliphatic rings. The number of halogens is 3. The van der Waals surface area contributed by atoms with Crippen LogP contribution in [0.2, 0.25) is 0 Å². The Morgan fingerprint density at radius 1 is 0.879 bits per heavy atom. The average molecular weight is 457 g/mol. The summed E-state index contributed by atoms with van der Waals surface area (Å²) in [6, 6.07) is 31.8. The second-order valence-corrected chi connectivity index (χ2v) is 8.07. The van der Waals surface area contributed by atoms with Gasteiger partial charge in [-0.1, -0.05) is 105 Å². The van der Waals surface area contributed by atoms with Gasteiger partial charge in [-0.2, -0.15) is 13.2 Å². The molecule has 0 amide bonds. The molecule has 0 saturated carbocycles. The molecule has 0 radical (unpaired) electrons. The molecule has 1 heterocycles. The van der Waals surface area contributed by atoms with Crippen LogP contribution < -0.4 is 5.32 Å². The molecular formula is C26H26F3NO3. The molecule has 0 aliphatic carbocycles. The van der Waals surface area contributed by atoms with Crippen LogP contribution >= 0.6 is 0 Å². The van der Waals surface area contributed by atoms with Gasteiger partial charge < -0.3 is 9.84 Å². The molecule has 4 rings (SSSR count). The van der Waals surface area contributed by atoms with Gasteiger partial charge in [-0.15, -0.1) is 0 Å². The van der Waals surface area contributed by atoms with Crippen LogP contribution in [0, 0.1) is 5.92 Å². The Hall–Kier alpha value is -3.16. The number of ether oxygens (including phenoxy) is 1. The zero-order valence-electron chi connectivity index (χ0n) is 18.3. The van der Waals surface area contributed by atoms with Crippen molar-refractivity contribution >= 4 is 5.97 Å². The monoisotopic (exact) mass is 457 g/mol. The third-order valence-electron chi connectivity index (χ3n) is 5.49. The van der Waals surface area contributed by atoms with E-state index in [4.69, 9.17) is 14.6 Å². The molecule has 2 atom stereocenters. The van der Waals surface area contributed by atoms with Crippen LogP contribution in [-0.2, 0) is 15.1 Å². The fourth-order valence-electron chi connectivity index (χ4n) is 4.06. The van der Waals surface area contributed by atoms with Gasteiger partial charge in [0.1, 0.15) is 11.8 Å². The maximum absolute atomic E-state index is 10.6. The Morgan fingerprint density at radius 3 is 1.64 bits per heavy atom. The first-order valence-corrected chi connectivity index (χ1v) is 10.6. The number of carboxylic acids is 1. The van der Waals surface area contributed by atoms with Crippen LogP contribution in [0.5, 0.6) is 0 Å². The number of carboxylic acid groups (broad SMARTS) is 1. The topological polar surface area (TPSA) is 58.6 Å². The number of rotatable bonds is 4. The number of carbonyl (C=O) groups is 1. The number of hydrogen-bond acceptors (Lipinski definition) is 3. The van der Waals surface area contributed by atoms with Gasteiger partial charge in [-0.25, -0.2) is 4.79 Å². The molecule has 3 aromatic rings. The van der Waals surface area contributed by atoms with Crippen molar-refractivity contribution in [2.24, 2.45) is 5.92 Å². The zero-order chi connectivity index (χ0) is 24.1. The van der Waals surface area contributed by atoms with Crippen LogP contribution in [-0.4, -0.2) is 23.3 Å². The van der Waals surface area contributed by atoms with Crippen molar-refractivity contribution in [3.05, 3.63) is 108 Å². The Labute approximate surface area is 191 Å². The summed E-state index contributed by atoms with van der Waals surface area (Å²) in [6.07, 6.45) is -5.22. The van der Waals surface area contributed by atoms with Gasteiger partial charge in [0.25, 0.3) is 0 Å². The maximum atomic E-state index is 10.6. The van der Waals surface area contributed by atoms with Crippen LogP contribution in [0.1, 0.15) is 36.8 Å².